The number of hydrogen-bond acceptors (Lipinski definition) is 4. The molecule has 0 aliphatic carbocycles. The van der Waals surface area contributed by atoms with Gasteiger partial charge < -0.3 is 5.32 Å². The van der Waals surface area contributed by atoms with Gasteiger partial charge >= 0.3 is 0 Å². The van der Waals surface area contributed by atoms with Gasteiger partial charge in [0.15, 0.2) is 0 Å². The summed E-state index contributed by atoms with van der Waals surface area (Å²) in [6, 6.07) is 5.86. The summed E-state index contributed by atoms with van der Waals surface area (Å²) >= 11 is 3.40. The molecule has 19 heavy (non-hydrogen) atoms. The molecule has 3 rings (SSSR count). The van der Waals surface area contributed by atoms with E-state index < -0.39 is 0 Å². The molecule has 0 spiro atoms. The fourth-order valence-electron chi connectivity index (χ4n) is 1.89. The molecule has 1 N–H and O–H groups in total. The van der Waals surface area contributed by atoms with Crippen LogP contribution < -0.4 is 5.32 Å². The molecular weight excluding hydrogens is 306 g/mol. The molecule has 0 amide bonds. The standard InChI is InChI=1S/C13H12BrN5/c1-19-5-3-10(18-19)8-16-11-2-4-15-12-6-9(14)7-17-13(11)12/h2-7H,8H2,1H3,(H,15,16). The van der Waals surface area contributed by atoms with E-state index in [1.54, 1.807) is 17.1 Å². The topological polar surface area (TPSA) is 55.6 Å². The van der Waals surface area contributed by atoms with Crippen molar-refractivity contribution in [3.63, 3.8) is 0 Å². The van der Waals surface area contributed by atoms with Crippen LogP contribution in [0.1, 0.15) is 5.69 Å². The van der Waals surface area contributed by atoms with Gasteiger partial charge in [0.25, 0.3) is 0 Å². The molecule has 0 saturated carbocycles. The summed E-state index contributed by atoms with van der Waals surface area (Å²) in [7, 11) is 1.91. The fourth-order valence-corrected chi connectivity index (χ4v) is 2.21. The van der Waals surface area contributed by atoms with Crippen LogP contribution in [0.15, 0.2) is 41.3 Å². The summed E-state index contributed by atoms with van der Waals surface area (Å²) in [5.74, 6) is 0. The van der Waals surface area contributed by atoms with E-state index in [0.29, 0.717) is 6.54 Å². The van der Waals surface area contributed by atoms with Gasteiger partial charge in [-0.1, -0.05) is 0 Å². The minimum atomic E-state index is 0.664. The summed E-state index contributed by atoms with van der Waals surface area (Å²) in [4.78, 5) is 8.71. The van der Waals surface area contributed by atoms with Crippen molar-refractivity contribution in [2.45, 2.75) is 6.54 Å². The van der Waals surface area contributed by atoms with E-state index in [4.69, 9.17) is 0 Å². The van der Waals surface area contributed by atoms with Gasteiger partial charge in [-0.25, -0.2) is 0 Å². The molecule has 0 saturated heterocycles. The predicted molar refractivity (Wildman–Crippen MR) is 77.8 cm³/mol. The van der Waals surface area contributed by atoms with Gasteiger partial charge in [-0.05, 0) is 34.1 Å². The summed E-state index contributed by atoms with van der Waals surface area (Å²) in [5.41, 5.74) is 3.68. The smallest absolute Gasteiger partial charge is 0.112 e. The molecule has 6 heteroatoms. The van der Waals surface area contributed by atoms with Crippen molar-refractivity contribution in [3.8, 4) is 0 Å². The zero-order chi connectivity index (χ0) is 13.2. The van der Waals surface area contributed by atoms with E-state index in [1.807, 2.05) is 31.4 Å². The lowest BCUT2D eigenvalue weighted by molar-refractivity contribution is 0.747. The molecule has 0 radical (unpaired) electrons. The summed E-state index contributed by atoms with van der Waals surface area (Å²) in [6.07, 6.45) is 5.48. The Hall–Kier alpha value is -1.95. The first-order chi connectivity index (χ1) is 9.22. The number of hydrogen-bond donors (Lipinski definition) is 1. The highest BCUT2D eigenvalue weighted by Crippen LogP contribution is 2.22. The number of halogens is 1. The molecule has 0 bridgehead atoms. The van der Waals surface area contributed by atoms with E-state index in [1.165, 1.54) is 0 Å². The largest absolute Gasteiger partial charge is 0.377 e. The normalized spacial score (nSPS) is 10.8. The molecule has 0 atom stereocenters. The second-order valence-electron chi connectivity index (χ2n) is 4.21. The van der Waals surface area contributed by atoms with Gasteiger partial charge in [0.05, 0.1) is 23.4 Å². The predicted octanol–water partition coefficient (Wildman–Crippen LogP) is 2.74. The quantitative estimate of drug-likeness (QED) is 0.807. The van der Waals surface area contributed by atoms with Crippen LogP contribution in [-0.4, -0.2) is 19.7 Å². The highest BCUT2D eigenvalue weighted by atomic mass is 79.9. The van der Waals surface area contributed by atoms with Crippen LogP contribution in [-0.2, 0) is 13.6 Å². The first kappa shape index (κ1) is 12.1. The van der Waals surface area contributed by atoms with Gasteiger partial charge in [-0.2, -0.15) is 5.10 Å². The maximum absolute atomic E-state index is 4.40. The number of pyridine rings is 2. The van der Waals surface area contributed by atoms with E-state index in [-0.39, 0.29) is 0 Å². The minimum absolute atomic E-state index is 0.664. The number of nitrogens with zero attached hydrogens (tertiary/aromatic N) is 4. The van der Waals surface area contributed by atoms with Crippen molar-refractivity contribution in [3.05, 3.63) is 47.0 Å². The van der Waals surface area contributed by atoms with Gasteiger partial charge in [-0.15, -0.1) is 0 Å². The monoisotopic (exact) mass is 317 g/mol. The lowest BCUT2D eigenvalue weighted by Crippen LogP contribution is -2.02. The SMILES string of the molecule is Cn1ccc(CNc2ccnc3cc(Br)cnc23)n1. The highest BCUT2D eigenvalue weighted by Gasteiger charge is 2.04. The third-order valence-corrected chi connectivity index (χ3v) is 3.21. The lowest BCUT2D eigenvalue weighted by Gasteiger charge is -2.07. The third-order valence-electron chi connectivity index (χ3n) is 2.77. The number of aromatic nitrogens is 4. The maximum atomic E-state index is 4.40. The Morgan fingerprint density at radius 3 is 3.00 bits per heavy atom. The first-order valence-electron chi connectivity index (χ1n) is 5.85. The van der Waals surface area contributed by atoms with E-state index in [0.717, 1.165) is 26.9 Å². The lowest BCUT2D eigenvalue weighted by atomic mass is 10.3. The number of anilines is 1. The molecular formula is C13H12BrN5. The molecule has 96 valence electrons. The zero-order valence-corrected chi connectivity index (χ0v) is 11.9. The molecule has 5 nitrogen and oxygen atoms in total. The molecule has 0 aliphatic rings. The van der Waals surface area contributed by atoms with Gasteiger partial charge in [0, 0.05) is 30.1 Å². The van der Waals surface area contributed by atoms with Crippen LogP contribution in [0, 0.1) is 0 Å². The van der Waals surface area contributed by atoms with Crippen molar-refractivity contribution < 1.29 is 0 Å². The highest BCUT2D eigenvalue weighted by molar-refractivity contribution is 9.10. The zero-order valence-electron chi connectivity index (χ0n) is 10.3. The number of aryl methyl sites for hydroxylation is 1. The summed E-state index contributed by atoms with van der Waals surface area (Å²) in [6.45, 7) is 0.664. The van der Waals surface area contributed by atoms with Crippen molar-refractivity contribution >= 4 is 32.7 Å². The molecule has 0 fully saturated rings. The molecule has 0 unspecified atom stereocenters. The Morgan fingerprint density at radius 1 is 1.32 bits per heavy atom. The van der Waals surface area contributed by atoms with E-state index in [9.17, 15) is 0 Å². The van der Waals surface area contributed by atoms with E-state index >= 15 is 0 Å². The first-order valence-corrected chi connectivity index (χ1v) is 6.64. The van der Waals surface area contributed by atoms with Gasteiger partial charge in [0.1, 0.15) is 5.52 Å². The van der Waals surface area contributed by atoms with Crippen molar-refractivity contribution in [1.29, 1.82) is 0 Å². The second kappa shape index (κ2) is 4.97. The van der Waals surface area contributed by atoms with Crippen LogP contribution >= 0.6 is 15.9 Å². The Kier molecular flexibility index (Phi) is 3.16. The van der Waals surface area contributed by atoms with Crippen LogP contribution in [0.2, 0.25) is 0 Å². The number of rotatable bonds is 3. The van der Waals surface area contributed by atoms with Crippen molar-refractivity contribution in [2.75, 3.05) is 5.32 Å². The minimum Gasteiger partial charge on any atom is -0.377 e. The Balaban J connectivity index is 1.88. The van der Waals surface area contributed by atoms with Crippen LogP contribution in [0.3, 0.4) is 0 Å². The Bertz CT molecular complexity index is 722. The average molecular weight is 318 g/mol. The fraction of sp³-hybridized carbons (Fsp3) is 0.154. The van der Waals surface area contributed by atoms with Crippen molar-refractivity contribution in [2.24, 2.45) is 7.05 Å². The molecule has 3 aromatic rings. The van der Waals surface area contributed by atoms with Gasteiger partial charge in [-0.3, -0.25) is 14.6 Å². The van der Waals surface area contributed by atoms with Crippen LogP contribution in [0.25, 0.3) is 11.0 Å². The average Bonchev–Trinajstić information content (AvgIpc) is 2.81. The van der Waals surface area contributed by atoms with Crippen LogP contribution in [0.4, 0.5) is 5.69 Å². The third kappa shape index (κ3) is 2.58. The molecule has 0 aliphatic heterocycles. The second-order valence-corrected chi connectivity index (χ2v) is 5.13. The summed E-state index contributed by atoms with van der Waals surface area (Å²) < 4.78 is 2.71. The number of fused-ring (bicyclic) bond motifs is 1. The summed E-state index contributed by atoms with van der Waals surface area (Å²) in [5, 5.41) is 7.67. The Morgan fingerprint density at radius 2 is 2.21 bits per heavy atom. The van der Waals surface area contributed by atoms with Crippen molar-refractivity contribution in [1.82, 2.24) is 19.7 Å². The van der Waals surface area contributed by atoms with E-state index in [2.05, 4.69) is 36.3 Å². The van der Waals surface area contributed by atoms with Crippen LogP contribution in [0.5, 0.6) is 0 Å². The molecule has 3 heterocycles. The van der Waals surface area contributed by atoms with Gasteiger partial charge in [0.2, 0.25) is 0 Å². The Labute approximate surface area is 118 Å². The molecule has 3 aromatic heterocycles. The number of nitrogens with one attached hydrogen (secondary N) is 1. The maximum Gasteiger partial charge on any atom is 0.112 e. The molecule has 0 aromatic carbocycles.